The van der Waals surface area contributed by atoms with Crippen LogP contribution in [0.5, 0.6) is 5.75 Å². The largest absolute Gasteiger partial charge is 0.497 e. The summed E-state index contributed by atoms with van der Waals surface area (Å²) in [5, 5.41) is 0.731. The van der Waals surface area contributed by atoms with Crippen LogP contribution in [-0.4, -0.2) is 14.2 Å². The second-order valence-electron chi connectivity index (χ2n) is 7.84. The van der Waals surface area contributed by atoms with Gasteiger partial charge in [0.2, 0.25) is 0 Å². The molecule has 0 atom stereocenters. The Balaban J connectivity index is 1.57. The highest BCUT2D eigenvalue weighted by Crippen LogP contribution is 2.34. The molecule has 0 aromatic heterocycles. The van der Waals surface area contributed by atoms with Crippen molar-refractivity contribution in [3.8, 4) is 5.75 Å². The molecular weight excluding hydrogens is 458 g/mol. The maximum atomic E-state index is 6.03. The molecule has 0 saturated carbocycles. The lowest BCUT2D eigenvalue weighted by Crippen LogP contribution is -2.09. The molecule has 0 fully saturated rings. The van der Waals surface area contributed by atoms with Crippen LogP contribution in [0.2, 0.25) is 5.02 Å². The molecule has 0 unspecified atom stereocenters. The predicted octanol–water partition coefficient (Wildman–Crippen LogP) is 8.97. The standard InChI is InChI=1S/C30H26ClNOS/c1-5-22-17-24(19-30(18-22)34-29-8-6-7-28(20-29)33-4)21(2)23-9-13-26(14-10-23)32(3)27-15-11-25(31)12-16-27/h5-20H,1-2H2,3-4H3. The maximum absolute atomic E-state index is 6.03. The summed E-state index contributed by atoms with van der Waals surface area (Å²) in [4.78, 5) is 4.37. The molecule has 4 aromatic carbocycles. The molecule has 0 heterocycles. The summed E-state index contributed by atoms with van der Waals surface area (Å²) in [7, 11) is 3.73. The third kappa shape index (κ3) is 5.56. The summed E-state index contributed by atoms with van der Waals surface area (Å²) in [5.74, 6) is 0.846. The van der Waals surface area contributed by atoms with Crippen LogP contribution in [0, 0.1) is 0 Å². The van der Waals surface area contributed by atoms with E-state index >= 15 is 0 Å². The number of hydrogen-bond donors (Lipinski definition) is 0. The normalized spacial score (nSPS) is 10.6. The van der Waals surface area contributed by atoms with Gasteiger partial charge in [0.15, 0.2) is 0 Å². The van der Waals surface area contributed by atoms with Gasteiger partial charge in [-0.1, -0.05) is 60.8 Å². The van der Waals surface area contributed by atoms with E-state index in [4.69, 9.17) is 16.3 Å². The summed E-state index contributed by atoms with van der Waals surface area (Å²) in [5.41, 5.74) is 6.34. The Bertz CT molecular complexity index is 1310. The Hall–Kier alpha value is -3.40. The van der Waals surface area contributed by atoms with E-state index in [0.717, 1.165) is 54.2 Å². The van der Waals surface area contributed by atoms with E-state index < -0.39 is 0 Å². The first-order chi connectivity index (χ1) is 16.5. The molecule has 0 amide bonds. The zero-order chi connectivity index (χ0) is 24.1. The molecule has 0 aliphatic rings. The third-order valence-corrected chi connectivity index (χ3v) is 6.82. The van der Waals surface area contributed by atoms with Gasteiger partial charge in [0, 0.05) is 33.2 Å². The van der Waals surface area contributed by atoms with Gasteiger partial charge in [-0.05, 0) is 95.1 Å². The summed E-state index contributed by atoms with van der Waals surface area (Å²) in [6.07, 6.45) is 1.87. The quantitative estimate of drug-likeness (QED) is 0.248. The zero-order valence-electron chi connectivity index (χ0n) is 19.3. The molecule has 4 aromatic rings. The Morgan fingerprint density at radius 2 is 1.53 bits per heavy atom. The first-order valence-corrected chi connectivity index (χ1v) is 12.0. The molecule has 0 aliphatic carbocycles. The highest BCUT2D eigenvalue weighted by molar-refractivity contribution is 7.99. The van der Waals surface area contributed by atoms with Crippen molar-refractivity contribution >= 4 is 46.4 Å². The lowest BCUT2D eigenvalue weighted by Gasteiger charge is -2.20. The van der Waals surface area contributed by atoms with Crippen LogP contribution >= 0.6 is 23.4 Å². The van der Waals surface area contributed by atoms with E-state index in [2.05, 4.69) is 66.6 Å². The molecular formula is C30H26ClNOS. The first kappa shape index (κ1) is 23.7. The van der Waals surface area contributed by atoms with Gasteiger partial charge in [-0.15, -0.1) is 0 Å². The number of halogens is 1. The van der Waals surface area contributed by atoms with E-state index in [1.807, 2.05) is 55.6 Å². The predicted molar refractivity (Wildman–Crippen MR) is 148 cm³/mol. The molecule has 0 N–H and O–H groups in total. The number of rotatable bonds is 8. The molecule has 34 heavy (non-hydrogen) atoms. The fourth-order valence-electron chi connectivity index (χ4n) is 3.64. The van der Waals surface area contributed by atoms with Crippen LogP contribution < -0.4 is 9.64 Å². The van der Waals surface area contributed by atoms with Crippen molar-refractivity contribution in [1.82, 2.24) is 0 Å². The van der Waals surface area contributed by atoms with Gasteiger partial charge in [0.25, 0.3) is 0 Å². The second-order valence-corrected chi connectivity index (χ2v) is 9.42. The van der Waals surface area contributed by atoms with E-state index in [-0.39, 0.29) is 0 Å². The van der Waals surface area contributed by atoms with Crippen LogP contribution in [0.4, 0.5) is 11.4 Å². The lowest BCUT2D eigenvalue weighted by molar-refractivity contribution is 0.413. The maximum Gasteiger partial charge on any atom is 0.119 e. The Morgan fingerprint density at radius 3 is 2.18 bits per heavy atom. The summed E-state index contributed by atoms with van der Waals surface area (Å²) in [6, 6.07) is 30.8. The van der Waals surface area contributed by atoms with Gasteiger partial charge < -0.3 is 9.64 Å². The van der Waals surface area contributed by atoms with Crippen molar-refractivity contribution in [2.24, 2.45) is 0 Å². The van der Waals surface area contributed by atoms with Crippen LogP contribution in [-0.2, 0) is 0 Å². The molecule has 4 heteroatoms. The third-order valence-electron chi connectivity index (χ3n) is 5.61. The number of methoxy groups -OCH3 is 1. The minimum atomic E-state index is 0.731. The number of benzene rings is 4. The Kier molecular flexibility index (Phi) is 7.46. The van der Waals surface area contributed by atoms with Crippen LogP contribution in [0.1, 0.15) is 16.7 Å². The lowest BCUT2D eigenvalue weighted by atomic mass is 9.97. The average molecular weight is 484 g/mol. The average Bonchev–Trinajstić information content (AvgIpc) is 2.88. The fraction of sp³-hybridized carbons (Fsp3) is 0.0667. The van der Waals surface area contributed by atoms with E-state index in [0.29, 0.717) is 0 Å². The summed E-state index contributed by atoms with van der Waals surface area (Å²) < 4.78 is 5.36. The highest BCUT2D eigenvalue weighted by atomic mass is 35.5. The van der Waals surface area contributed by atoms with E-state index in [9.17, 15) is 0 Å². The summed E-state index contributed by atoms with van der Waals surface area (Å²) >= 11 is 7.72. The first-order valence-electron chi connectivity index (χ1n) is 10.9. The minimum absolute atomic E-state index is 0.731. The SMILES string of the molecule is C=Cc1cc(Sc2cccc(OC)c2)cc(C(=C)c2ccc(N(C)c3ccc(Cl)cc3)cc2)c1. The molecule has 4 rings (SSSR count). The van der Waals surface area contributed by atoms with Crippen LogP contribution in [0.3, 0.4) is 0 Å². The van der Waals surface area contributed by atoms with Crippen molar-refractivity contribution in [2.45, 2.75) is 9.79 Å². The van der Waals surface area contributed by atoms with Gasteiger partial charge in [-0.2, -0.15) is 0 Å². The molecule has 170 valence electrons. The van der Waals surface area contributed by atoms with Crippen molar-refractivity contribution in [3.63, 3.8) is 0 Å². The van der Waals surface area contributed by atoms with Crippen LogP contribution in [0.15, 0.2) is 114 Å². The van der Waals surface area contributed by atoms with E-state index in [1.54, 1.807) is 18.9 Å². The smallest absolute Gasteiger partial charge is 0.119 e. The van der Waals surface area contributed by atoms with Crippen molar-refractivity contribution in [3.05, 3.63) is 126 Å². The molecule has 0 aliphatic heterocycles. The number of ether oxygens (including phenoxy) is 1. The zero-order valence-corrected chi connectivity index (χ0v) is 20.9. The number of hydrogen-bond acceptors (Lipinski definition) is 3. The fourth-order valence-corrected chi connectivity index (χ4v) is 4.74. The molecule has 0 saturated heterocycles. The van der Waals surface area contributed by atoms with Crippen molar-refractivity contribution < 1.29 is 4.74 Å². The second kappa shape index (κ2) is 10.7. The molecule has 2 nitrogen and oxygen atoms in total. The highest BCUT2D eigenvalue weighted by Gasteiger charge is 2.09. The Morgan fingerprint density at radius 1 is 0.853 bits per heavy atom. The van der Waals surface area contributed by atoms with Crippen molar-refractivity contribution in [2.75, 3.05) is 19.1 Å². The number of nitrogens with zero attached hydrogens (tertiary/aromatic N) is 1. The van der Waals surface area contributed by atoms with Crippen molar-refractivity contribution in [1.29, 1.82) is 0 Å². The van der Waals surface area contributed by atoms with Gasteiger partial charge in [-0.3, -0.25) is 0 Å². The molecule has 0 bridgehead atoms. The number of anilines is 2. The Labute approximate surface area is 211 Å². The van der Waals surface area contributed by atoms with Gasteiger partial charge >= 0.3 is 0 Å². The molecule has 0 spiro atoms. The minimum Gasteiger partial charge on any atom is -0.497 e. The van der Waals surface area contributed by atoms with Crippen LogP contribution in [0.25, 0.3) is 11.6 Å². The van der Waals surface area contributed by atoms with Gasteiger partial charge in [-0.25, -0.2) is 0 Å². The topological polar surface area (TPSA) is 12.5 Å². The monoisotopic (exact) mass is 483 g/mol. The molecule has 0 radical (unpaired) electrons. The van der Waals surface area contributed by atoms with Gasteiger partial charge in [0.1, 0.15) is 5.75 Å². The van der Waals surface area contributed by atoms with Gasteiger partial charge in [0.05, 0.1) is 7.11 Å². The van der Waals surface area contributed by atoms with E-state index in [1.165, 1.54) is 0 Å². The summed E-state index contributed by atoms with van der Waals surface area (Å²) in [6.45, 7) is 8.37.